The molecule has 0 spiro atoms. The van der Waals surface area contributed by atoms with Gasteiger partial charge in [0.05, 0.1) is 14.2 Å². The van der Waals surface area contributed by atoms with E-state index in [9.17, 15) is 8.78 Å². The molecule has 0 fully saturated rings. The Morgan fingerprint density at radius 3 is 2.33 bits per heavy atom. The van der Waals surface area contributed by atoms with Crippen LogP contribution in [0.5, 0.6) is 11.5 Å². The monoisotopic (exact) mass is 491 g/mol. The SMILES string of the molecule is CN=C(NCCc1c(F)cccc1F)NCc1ccc(OC)cc1OC.I. The second kappa shape index (κ2) is 11.6. The van der Waals surface area contributed by atoms with Gasteiger partial charge in [0.25, 0.3) is 0 Å². The van der Waals surface area contributed by atoms with E-state index in [1.165, 1.54) is 18.2 Å². The summed E-state index contributed by atoms with van der Waals surface area (Å²) in [6.07, 6.45) is 0.213. The van der Waals surface area contributed by atoms with E-state index >= 15 is 0 Å². The topological polar surface area (TPSA) is 54.9 Å². The lowest BCUT2D eigenvalue weighted by atomic mass is 10.1. The van der Waals surface area contributed by atoms with Crippen molar-refractivity contribution in [2.45, 2.75) is 13.0 Å². The van der Waals surface area contributed by atoms with Crippen molar-refractivity contribution in [3.63, 3.8) is 0 Å². The number of halogens is 3. The molecule has 0 radical (unpaired) electrons. The molecule has 0 amide bonds. The summed E-state index contributed by atoms with van der Waals surface area (Å²) in [6.45, 7) is 0.818. The van der Waals surface area contributed by atoms with Crippen molar-refractivity contribution < 1.29 is 18.3 Å². The van der Waals surface area contributed by atoms with Crippen molar-refractivity contribution in [3.05, 3.63) is 59.2 Å². The average Bonchev–Trinajstić information content (AvgIpc) is 2.66. The molecule has 0 aliphatic heterocycles. The summed E-state index contributed by atoms with van der Waals surface area (Å²) in [4.78, 5) is 4.11. The molecular weight excluding hydrogens is 467 g/mol. The first kappa shape index (κ1) is 22.9. The molecule has 5 nitrogen and oxygen atoms in total. The number of nitrogens with one attached hydrogen (secondary N) is 2. The second-order valence-corrected chi connectivity index (χ2v) is 5.48. The molecule has 0 aliphatic rings. The van der Waals surface area contributed by atoms with Crippen molar-refractivity contribution in [1.29, 1.82) is 0 Å². The molecular formula is C19H24F2IN3O2. The first-order valence-corrected chi connectivity index (χ1v) is 8.17. The maximum absolute atomic E-state index is 13.6. The second-order valence-electron chi connectivity index (χ2n) is 5.48. The maximum Gasteiger partial charge on any atom is 0.191 e. The zero-order chi connectivity index (χ0) is 18.9. The highest BCUT2D eigenvalue weighted by atomic mass is 127. The molecule has 8 heteroatoms. The van der Waals surface area contributed by atoms with Crippen LogP contribution in [0.25, 0.3) is 0 Å². The Morgan fingerprint density at radius 2 is 1.74 bits per heavy atom. The van der Waals surface area contributed by atoms with Crippen LogP contribution < -0.4 is 20.1 Å². The standard InChI is InChI=1S/C19H23F2N3O2.HI/c1-22-19(23-10-9-15-16(20)5-4-6-17(15)21)24-12-13-7-8-14(25-2)11-18(13)26-3;/h4-8,11H,9-10,12H2,1-3H3,(H2,22,23,24);1H. The van der Waals surface area contributed by atoms with Crippen LogP contribution in [0.15, 0.2) is 41.4 Å². The van der Waals surface area contributed by atoms with Crippen molar-refractivity contribution >= 4 is 29.9 Å². The highest BCUT2D eigenvalue weighted by Crippen LogP contribution is 2.24. The Balaban J connectivity index is 0.00000364. The fourth-order valence-electron chi connectivity index (χ4n) is 2.47. The van der Waals surface area contributed by atoms with E-state index in [2.05, 4.69) is 15.6 Å². The minimum absolute atomic E-state index is 0. The molecule has 0 unspecified atom stereocenters. The van der Waals surface area contributed by atoms with E-state index in [-0.39, 0.29) is 36.0 Å². The average molecular weight is 491 g/mol. The van der Waals surface area contributed by atoms with Crippen molar-refractivity contribution in [1.82, 2.24) is 10.6 Å². The molecule has 2 aromatic rings. The van der Waals surface area contributed by atoms with Gasteiger partial charge < -0.3 is 20.1 Å². The molecule has 0 aliphatic carbocycles. The van der Waals surface area contributed by atoms with Gasteiger partial charge in [0.15, 0.2) is 5.96 Å². The van der Waals surface area contributed by atoms with Crippen LogP contribution in [0.4, 0.5) is 8.78 Å². The Hall–Kier alpha value is -2.10. The molecule has 2 N–H and O–H groups in total. The summed E-state index contributed by atoms with van der Waals surface area (Å²) < 4.78 is 37.8. The van der Waals surface area contributed by atoms with Gasteiger partial charge in [0.1, 0.15) is 23.1 Å². The lowest BCUT2D eigenvalue weighted by Crippen LogP contribution is -2.38. The molecule has 0 saturated carbocycles. The van der Waals surface area contributed by atoms with Crippen LogP contribution in [0.1, 0.15) is 11.1 Å². The van der Waals surface area contributed by atoms with Crippen LogP contribution in [0.2, 0.25) is 0 Å². The zero-order valence-electron chi connectivity index (χ0n) is 15.5. The largest absolute Gasteiger partial charge is 0.497 e. The van der Waals surface area contributed by atoms with Crippen molar-refractivity contribution in [2.24, 2.45) is 4.99 Å². The lowest BCUT2D eigenvalue weighted by Gasteiger charge is -2.14. The van der Waals surface area contributed by atoms with Gasteiger partial charge in [-0.2, -0.15) is 0 Å². The van der Waals surface area contributed by atoms with E-state index in [0.717, 1.165) is 5.56 Å². The predicted octanol–water partition coefficient (Wildman–Crippen LogP) is 3.51. The summed E-state index contributed by atoms with van der Waals surface area (Å²) >= 11 is 0. The summed E-state index contributed by atoms with van der Waals surface area (Å²) in [5.41, 5.74) is 0.990. The predicted molar refractivity (Wildman–Crippen MR) is 113 cm³/mol. The van der Waals surface area contributed by atoms with Crippen LogP contribution in [0, 0.1) is 11.6 Å². The molecule has 2 aromatic carbocycles. The number of hydrogen-bond donors (Lipinski definition) is 2. The van der Waals surface area contributed by atoms with Crippen molar-refractivity contribution in [2.75, 3.05) is 27.8 Å². The minimum atomic E-state index is -0.544. The summed E-state index contributed by atoms with van der Waals surface area (Å²) in [6, 6.07) is 9.39. The zero-order valence-corrected chi connectivity index (χ0v) is 17.8. The van der Waals surface area contributed by atoms with Gasteiger partial charge in [-0.05, 0) is 30.7 Å². The fraction of sp³-hybridized carbons (Fsp3) is 0.316. The Bertz CT molecular complexity index is 752. The van der Waals surface area contributed by atoms with Gasteiger partial charge in [-0.15, -0.1) is 24.0 Å². The van der Waals surface area contributed by atoms with Crippen LogP contribution in [-0.4, -0.2) is 33.8 Å². The minimum Gasteiger partial charge on any atom is -0.497 e. The normalized spacial score (nSPS) is 10.8. The number of nitrogens with zero attached hydrogens (tertiary/aromatic N) is 1. The fourth-order valence-corrected chi connectivity index (χ4v) is 2.47. The van der Waals surface area contributed by atoms with E-state index in [4.69, 9.17) is 9.47 Å². The van der Waals surface area contributed by atoms with Crippen LogP contribution in [-0.2, 0) is 13.0 Å². The molecule has 0 aromatic heterocycles. The van der Waals surface area contributed by atoms with E-state index in [0.29, 0.717) is 30.5 Å². The van der Waals surface area contributed by atoms with Crippen LogP contribution >= 0.6 is 24.0 Å². The van der Waals surface area contributed by atoms with Gasteiger partial charge in [-0.3, -0.25) is 4.99 Å². The van der Waals surface area contributed by atoms with Crippen molar-refractivity contribution in [3.8, 4) is 11.5 Å². The smallest absolute Gasteiger partial charge is 0.191 e. The highest BCUT2D eigenvalue weighted by Gasteiger charge is 2.09. The Kier molecular flexibility index (Phi) is 9.84. The summed E-state index contributed by atoms with van der Waals surface area (Å²) in [7, 11) is 4.81. The third kappa shape index (κ3) is 6.53. The molecule has 27 heavy (non-hydrogen) atoms. The first-order chi connectivity index (χ1) is 12.6. The van der Waals surface area contributed by atoms with Gasteiger partial charge in [0.2, 0.25) is 0 Å². The first-order valence-electron chi connectivity index (χ1n) is 8.17. The number of rotatable bonds is 7. The lowest BCUT2D eigenvalue weighted by molar-refractivity contribution is 0.390. The highest BCUT2D eigenvalue weighted by molar-refractivity contribution is 14.0. The number of aliphatic imine (C=N–C) groups is 1. The number of guanidine groups is 1. The third-order valence-electron chi connectivity index (χ3n) is 3.89. The molecule has 148 valence electrons. The quantitative estimate of drug-likeness (QED) is 0.354. The van der Waals surface area contributed by atoms with Gasteiger partial charge >= 0.3 is 0 Å². The number of hydrogen-bond acceptors (Lipinski definition) is 3. The van der Waals surface area contributed by atoms with E-state index in [1.54, 1.807) is 27.3 Å². The molecule has 0 heterocycles. The number of ether oxygens (including phenoxy) is 2. The number of benzene rings is 2. The van der Waals surface area contributed by atoms with Crippen LogP contribution in [0.3, 0.4) is 0 Å². The molecule has 0 bridgehead atoms. The van der Waals surface area contributed by atoms with Gasteiger partial charge in [0, 0.05) is 37.3 Å². The Morgan fingerprint density at radius 1 is 1.04 bits per heavy atom. The van der Waals surface area contributed by atoms with E-state index < -0.39 is 11.6 Å². The third-order valence-corrected chi connectivity index (χ3v) is 3.89. The summed E-state index contributed by atoms with van der Waals surface area (Å²) in [5, 5.41) is 6.19. The van der Waals surface area contributed by atoms with Gasteiger partial charge in [-0.25, -0.2) is 8.78 Å². The molecule has 0 atom stereocenters. The summed E-state index contributed by atoms with van der Waals surface area (Å²) in [5.74, 6) is 0.843. The van der Waals surface area contributed by atoms with Gasteiger partial charge in [-0.1, -0.05) is 6.07 Å². The molecule has 0 saturated heterocycles. The maximum atomic E-state index is 13.6. The van der Waals surface area contributed by atoms with E-state index in [1.807, 2.05) is 12.1 Å². The molecule has 2 rings (SSSR count). The number of methoxy groups -OCH3 is 2. The Labute approximate surface area is 175 Å².